The fraction of sp³-hybridized carbons (Fsp3) is 0.636. The van der Waals surface area contributed by atoms with Gasteiger partial charge in [-0.15, -0.1) is 24.0 Å². The van der Waals surface area contributed by atoms with Gasteiger partial charge in [0, 0.05) is 58.4 Å². The van der Waals surface area contributed by atoms with Crippen molar-refractivity contribution >= 4 is 29.9 Å². The summed E-state index contributed by atoms with van der Waals surface area (Å²) in [5.41, 5.74) is 3.72. The monoisotopic (exact) mass is 544 g/mol. The Kier molecular flexibility index (Phi) is 11.4. The number of rotatable bonds is 10. The molecule has 3 heterocycles. The number of aliphatic imine (C=N–C) groups is 1. The number of nitrogens with one attached hydrogen (secondary N) is 2. The van der Waals surface area contributed by atoms with Crippen LogP contribution in [0, 0.1) is 13.8 Å². The van der Waals surface area contributed by atoms with Crippen LogP contribution in [0.25, 0.3) is 0 Å². The molecule has 0 radical (unpaired) electrons. The predicted octanol–water partition coefficient (Wildman–Crippen LogP) is 2.29. The summed E-state index contributed by atoms with van der Waals surface area (Å²) >= 11 is 0. The molecule has 2 aromatic rings. The van der Waals surface area contributed by atoms with E-state index in [1.165, 1.54) is 11.3 Å². The zero-order valence-corrected chi connectivity index (χ0v) is 21.4. The third-order valence-electron chi connectivity index (χ3n) is 5.58. The van der Waals surface area contributed by atoms with Crippen LogP contribution in [-0.2, 0) is 24.6 Å². The van der Waals surface area contributed by atoms with Crippen molar-refractivity contribution in [3.63, 3.8) is 0 Å². The Morgan fingerprint density at radius 3 is 2.61 bits per heavy atom. The van der Waals surface area contributed by atoms with Crippen molar-refractivity contribution in [3.05, 3.63) is 41.1 Å². The quantitative estimate of drug-likeness (QED) is 0.207. The first-order valence-electron chi connectivity index (χ1n) is 11.0. The van der Waals surface area contributed by atoms with E-state index in [4.69, 9.17) is 14.1 Å². The summed E-state index contributed by atoms with van der Waals surface area (Å²) in [7, 11) is 2.00. The molecule has 9 heteroatoms. The Balaban J connectivity index is 0.00000341. The van der Waals surface area contributed by atoms with E-state index >= 15 is 0 Å². The summed E-state index contributed by atoms with van der Waals surface area (Å²) in [6, 6.07) is 3.93. The van der Waals surface area contributed by atoms with Crippen LogP contribution >= 0.6 is 24.0 Å². The molecule has 0 amide bonds. The molecule has 8 nitrogen and oxygen atoms in total. The van der Waals surface area contributed by atoms with Crippen LogP contribution in [0.15, 0.2) is 27.8 Å². The van der Waals surface area contributed by atoms with Gasteiger partial charge in [-0.05, 0) is 44.4 Å². The van der Waals surface area contributed by atoms with Gasteiger partial charge >= 0.3 is 0 Å². The molecule has 1 aliphatic rings. The largest absolute Gasteiger partial charge is 0.469 e. The summed E-state index contributed by atoms with van der Waals surface area (Å²) < 4.78 is 12.8. The number of morpholine rings is 1. The average molecular weight is 544 g/mol. The fourth-order valence-corrected chi connectivity index (χ4v) is 3.72. The van der Waals surface area contributed by atoms with Gasteiger partial charge in [0.05, 0.1) is 25.2 Å². The molecular formula is C22H37IN6O2. The zero-order chi connectivity index (χ0) is 21.2. The van der Waals surface area contributed by atoms with Crippen molar-refractivity contribution < 1.29 is 9.15 Å². The Bertz CT molecular complexity index is 784. The molecule has 0 saturated carbocycles. The number of furan rings is 1. The number of nitrogens with zero attached hydrogens (tertiary/aromatic N) is 4. The molecule has 0 unspecified atom stereocenters. The lowest BCUT2D eigenvalue weighted by molar-refractivity contribution is 0.0389. The second kappa shape index (κ2) is 13.7. The molecule has 2 aromatic heterocycles. The van der Waals surface area contributed by atoms with Gasteiger partial charge in [-0.3, -0.25) is 14.6 Å². The van der Waals surface area contributed by atoms with Crippen molar-refractivity contribution in [1.82, 2.24) is 25.3 Å². The van der Waals surface area contributed by atoms with E-state index < -0.39 is 0 Å². The lowest BCUT2D eigenvalue weighted by atomic mass is 10.1. The van der Waals surface area contributed by atoms with Crippen LogP contribution in [0.3, 0.4) is 0 Å². The van der Waals surface area contributed by atoms with Gasteiger partial charge in [-0.1, -0.05) is 0 Å². The normalized spacial score (nSPS) is 15.0. The van der Waals surface area contributed by atoms with Gasteiger partial charge in [0.15, 0.2) is 5.96 Å². The van der Waals surface area contributed by atoms with Crippen LogP contribution < -0.4 is 10.6 Å². The predicted molar refractivity (Wildman–Crippen MR) is 134 cm³/mol. The third-order valence-corrected chi connectivity index (χ3v) is 5.58. The van der Waals surface area contributed by atoms with Gasteiger partial charge in [0.1, 0.15) is 5.76 Å². The topological polar surface area (TPSA) is 79.8 Å². The van der Waals surface area contributed by atoms with Gasteiger partial charge in [0.2, 0.25) is 0 Å². The van der Waals surface area contributed by atoms with Crippen molar-refractivity contribution in [1.29, 1.82) is 0 Å². The Morgan fingerprint density at radius 1 is 1.16 bits per heavy atom. The highest BCUT2D eigenvalue weighted by atomic mass is 127. The summed E-state index contributed by atoms with van der Waals surface area (Å²) in [5, 5.41) is 11.4. The molecule has 3 rings (SSSR count). The second-order valence-corrected chi connectivity index (χ2v) is 7.74. The molecule has 0 bridgehead atoms. The van der Waals surface area contributed by atoms with E-state index in [9.17, 15) is 0 Å². The highest BCUT2D eigenvalue weighted by molar-refractivity contribution is 14.0. The molecule has 1 fully saturated rings. The van der Waals surface area contributed by atoms with Crippen molar-refractivity contribution in [2.24, 2.45) is 12.0 Å². The zero-order valence-electron chi connectivity index (χ0n) is 19.0. The SMILES string of the molecule is Cc1nn(C)c(C)c1CCCN=C(NCCc1ccco1)NCCN1CCOCC1.I. The third kappa shape index (κ3) is 8.46. The van der Waals surface area contributed by atoms with E-state index in [-0.39, 0.29) is 24.0 Å². The van der Waals surface area contributed by atoms with Crippen LogP contribution in [0.4, 0.5) is 0 Å². The molecule has 1 aliphatic heterocycles. The van der Waals surface area contributed by atoms with E-state index in [1.807, 2.05) is 23.9 Å². The maximum Gasteiger partial charge on any atom is 0.191 e. The minimum atomic E-state index is 0. The van der Waals surface area contributed by atoms with Gasteiger partial charge in [-0.25, -0.2) is 0 Å². The molecule has 1 saturated heterocycles. The molecule has 0 atom stereocenters. The van der Waals surface area contributed by atoms with E-state index in [2.05, 4.69) is 34.5 Å². The first kappa shape index (κ1) is 25.7. The summed E-state index contributed by atoms with van der Waals surface area (Å²) in [6.45, 7) is 11.3. The van der Waals surface area contributed by atoms with Crippen LogP contribution in [0.5, 0.6) is 0 Å². The first-order valence-corrected chi connectivity index (χ1v) is 11.0. The van der Waals surface area contributed by atoms with Crippen LogP contribution in [-0.4, -0.2) is 73.1 Å². The molecular weight excluding hydrogens is 507 g/mol. The standard InChI is InChI=1S/C22H36N6O2.HI/c1-18-21(19(2)27(3)26-18)7-4-9-23-22(24-10-8-20-6-5-15-30-20)25-11-12-28-13-16-29-17-14-28;/h5-6,15H,4,7-14,16-17H2,1-3H3,(H2,23,24,25);1H. The van der Waals surface area contributed by atoms with Gasteiger partial charge in [-0.2, -0.15) is 5.10 Å². The molecule has 0 aliphatic carbocycles. The minimum Gasteiger partial charge on any atom is -0.469 e. The molecule has 2 N–H and O–H groups in total. The molecule has 0 spiro atoms. The number of ether oxygens (including phenoxy) is 1. The summed E-state index contributed by atoms with van der Waals surface area (Å²) in [5.74, 6) is 1.85. The van der Waals surface area contributed by atoms with Crippen molar-refractivity contribution in [2.75, 3.05) is 52.5 Å². The van der Waals surface area contributed by atoms with E-state index in [1.54, 1.807) is 6.26 Å². The van der Waals surface area contributed by atoms with Crippen LogP contribution in [0.1, 0.15) is 29.1 Å². The maximum atomic E-state index is 5.42. The second-order valence-electron chi connectivity index (χ2n) is 7.74. The lowest BCUT2D eigenvalue weighted by Crippen LogP contribution is -2.44. The minimum absolute atomic E-state index is 0. The number of halogens is 1. The Hall–Kier alpha value is -1.59. The maximum absolute atomic E-state index is 5.42. The number of aryl methyl sites for hydroxylation is 2. The summed E-state index contributed by atoms with van der Waals surface area (Å²) in [4.78, 5) is 7.22. The van der Waals surface area contributed by atoms with Gasteiger partial charge < -0.3 is 19.8 Å². The number of hydrogen-bond donors (Lipinski definition) is 2. The van der Waals surface area contributed by atoms with Gasteiger partial charge in [0.25, 0.3) is 0 Å². The molecule has 31 heavy (non-hydrogen) atoms. The average Bonchev–Trinajstić information content (AvgIpc) is 3.34. The van der Waals surface area contributed by atoms with Crippen molar-refractivity contribution in [2.45, 2.75) is 33.1 Å². The smallest absolute Gasteiger partial charge is 0.191 e. The lowest BCUT2D eigenvalue weighted by Gasteiger charge is -2.26. The van der Waals surface area contributed by atoms with Crippen molar-refractivity contribution in [3.8, 4) is 0 Å². The number of guanidine groups is 1. The van der Waals surface area contributed by atoms with Crippen LogP contribution in [0.2, 0.25) is 0 Å². The Labute approximate surface area is 202 Å². The summed E-state index contributed by atoms with van der Waals surface area (Å²) in [6.07, 6.45) is 4.56. The fourth-order valence-electron chi connectivity index (χ4n) is 3.72. The highest BCUT2D eigenvalue weighted by Crippen LogP contribution is 2.13. The number of aromatic nitrogens is 2. The number of hydrogen-bond acceptors (Lipinski definition) is 5. The molecule has 0 aromatic carbocycles. The van der Waals surface area contributed by atoms with E-state index in [0.29, 0.717) is 0 Å². The van der Waals surface area contributed by atoms with E-state index in [0.717, 1.165) is 89.2 Å². The Morgan fingerprint density at radius 2 is 1.94 bits per heavy atom. The highest BCUT2D eigenvalue weighted by Gasteiger charge is 2.10. The molecule has 174 valence electrons. The first-order chi connectivity index (χ1) is 14.6.